The quantitative estimate of drug-likeness (QED) is 0.327. The molecule has 8 nitrogen and oxygen atoms in total. The molecule has 0 aromatic heterocycles. The number of amides is 1. The highest BCUT2D eigenvalue weighted by Crippen LogP contribution is 2.18. The van der Waals surface area contributed by atoms with E-state index in [2.05, 4.69) is 15.6 Å². The lowest BCUT2D eigenvalue weighted by Crippen LogP contribution is -2.50. The second kappa shape index (κ2) is 13.3. The van der Waals surface area contributed by atoms with Gasteiger partial charge in [0.25, 0.3) is 0 Å². The van der Waals surface area contributed by atoms with Crippen LogP contribution in [0.4, 0.5) is 4.79 Å². The summed E-state index contributed by atoms with van der Waals surface area (Å²) in [6.45, 7) is 6.70. The van der Waals surface area contributed by atoms with Gasteiger partial charge in [0.2, 0.25) is 0 Å². The first-order valence-electron chi connectivity index (χ1n) is 9.74. The number of halogens is 1. The Hall–Kier alpha value is -1.91. The largest absolute Gasteiger partial charge is 0.497 e. The van der Waals surface area contributed by atoms with E-state index in [1.54, 1.807) is 12.0 Å². The van der Waals surface area contributed by atoms with Crippen molar-refractivity contribution in [3.63, 3.8) is 0 Å². The molecule has 1 saturated heterocycles. The highest BCUT2D eigenvalue weighted by atomic mass is 127. The molecule has 0 spiro atoms. The van der Waals surface area contributed by atoms with Crippen molar-refractivity contribution in [2.45, 2.75) is 38.8 Å². The lowest BCUT2D eigenvalue weighted by Gasteiger charge is -2.32. The van der Waals surface area contributed by atoms with Crippen molar-refractivity contribution >= 4 is 36.0 Å². The van der Waals surface area contributed by atoms with Crippen molar-refractivity contribution in [1.82, 2.24) is 15.5 Å². The Bertz CT molecular complexity index is 634. The first-order chi connectivity index (χ1) is 13.5. The van der Waals surface area contributed by atoms with E-state index in [4.69, 9.17) is 14.2 Å². The first kappa shape index (κ1) is 25.1. The zero-order chi connectivity index (χ0) is 20.4. The molecule has 0 radical (unpaired) electrons. The topological polar surface area (TPSA) is 84.4 Å². The number of carbonyl (C=O) groups excluding carboxylic acids is 1. The van der Waals surface area contributed by atoms with Crippen LogP contribution in [0.3, 0.4) is 0 Å². The van der Waals surface area contributed by atoms with Crippen LogP contribution in [0.5, 0.6) is 11.5 Å². The number of methoxy groups -OCH3 is 2. The van der Waals surface area contributed by atoms with E-state index < -0.39 is 0 Å². The standard InChI is InChI=1S/C20H32N4O4.HI/c1-5-21-19(23-16-10-12-24(13-11-16)20(25)27-4)22-14-15(2)28-18-8-6-17(26-3)7-9-18;/h6-9,15-16H,5,10-14H2,1-4H3,(H2,21,22,23);1H. The Morgan fingerprint density at radius 2 is 1.83 bits per heavy atom. The minimum absolute atomic E-state index is 0. The smallest absolute Gasteiger partial charge is 0.409 e. The molecule has 1 atom stereocenters. The lowest BCUT2D eigenvalue weighted by atomic mass is 10.1. The summed E-state index contributed by atoms with van der Waals surface area (Å²) in [5, 5.41) is 6.73. The average Bonchev–Trinajstić information content (AvgIpc) is 2.72. The number of hydrogen-bond donors (Lipinski definition) is 2. The Labute approximate surface area is 190 Å². The SMILES string of the molecule is CCNC(=NCC(C)Oc1ccc(OC)cc1)NC1CCN(C(=O)OC)CC1.I. The summed E-state index contributed by atoms with van der Waals surface area (Å²) < 4.78 is 15.8. The van der Waals surface area contributed by atoms with Crippen LogP contribution in [0.1, 0.15) is 26.7 Å². The maximum Gasteiger partial charge on any atom is 0.409 e. The fourth-order valence-electron chi connectivity index (χ4n) is 2.99. The number of hydrogen-bond acceptors (Lipinski definition) is 5. The van der Waals surface area contributed by atoms with Crippen LogP contribution in [0, 0.1) is 0 Å². The molecule has 1 heterocycles. The van der Waals surface area contributed by atoms with Crippen molar-refractivity contribution in [2.75, 3.05) is 40.4 Å². The number of carbonyl (C=O) groups is 1. The molecule has 1 amide bonds. The highest BCUT2D eigenvalue weighted by Gasteiger charge is 2.23. The van der Waals surface area contributed by atoms with Crippen molar-refractivity contribution in [3.8, 4) is 11.5 Å². The van der Waals surface area contributed by atoms with Gasteiger partial charge in [-0.25, -0.2) is 9.79 Å². The molecule has 1 unspecified atom stereocenters. The number of benzene rings is 1. The van der Waals surface area contributed by atoms with Gasteiger partial charge in [0.05, 0.1) is 20.8 Å². The second-order valence-electron chi connectivity index (χ2n) is 6.70. The zero-order valence-electron chi connectivity index (χ0n) is 17.6. The van der Waals surface area contributed by atoms with Gasteiger partial charge in [-0.05, 0) is 51.0 Å². The molecule has 164 valence electrons. The van der Waals surface area contributed by atoms with Gasteiger partial charge in [0.1, 0.15) is 17.6 Å². The number of rotatable bonds is 7. The predicted molar refractivity (Wildman–Crippen MR) is 125 cm³/mol. The molecule has 2 rings (SSSR count). The summed E-state index contributed by atoms with van der Waals surface area (Å²) in [4.78, 5) is 18.0. The molecule has 0 bridgehead atoms. The van der Waals surface area contributed by atoms with Crippen molar-refractivity contribution in [1.29, 1.82) is 0 Å². The number of likely N-dealkylation sites (tertiary alicyclic amines) is 1. The van der Waals surface area contributed by atoms with Gasteiger partial charge < -0.3 is 29.7 Å². The molecule has 1 aliphatic heterocycles. The highest BCUT2D eigenvalue weighted by molar-refractivity contribution is 14.0. The Kier molecular flexibility index (Phi) is 11.6. The molecule has 1 aromatic carbocycles. The van der Waals surface area contributed by atoms with Gasteiger partial charge in [-0.3, -0.25) is 0 Å². The van der Waals surface area contributed by atoms with Crippen LogP contribution >= 0.6 is 24.0 Å². The summed E-state index contributed by atoms with van der Waals surface area (Å²) in [6, 6.07) is 7.79. The van der Waals surface area contributed by atoms with Crippen molar-refractivity contribution in [2.24, 2.45) is 4.99 Å². The van der Waals surface area contributed by atoms with Crippen LogP contribution in [-0.4, -0.2) is 69.5 Å². The van der Waals surface area contributed by atoms with Gasteiger partial charge in [-0.2, -0.15) is 0 Å². The molecule has 9 heteroatoms. The summed E-state index contributed by atoms with van der Waals surface area (Å²) >= 11 is 0. The third-order valence-corrected chi connectivity index (χ3v) is 4.52. The molecule has 1 fully saturated rings. The van der Waals surface area contributed by atoms with Crippen LogP contribution in [-0.2, 0) is 4.74 Å². The number of aliphatic imine (C=N–C) groups is 1. The maximum atomic E-state index is 11.6. The molecule has 2 N–H and O–H groups in total. The van der Waals surface area contributed by atoms with E-state index in [-0.39, 0.29) is 42.2 Å². The Morgan fingerprint density at radius 1 is 1.21 bits per heavy atom. The Morgan fingerprint density at radius 3 is 2.38 bits per heavy atom. The first-order valence-corrected chi connectivity index (χ1v) is 9.74. The van der Waals surface area contributed by atoms with Crippen molar-refractivity contribution < 1.29 is 19.0 Å². The maximum absolute atomic E-state index is 11.6. The number of nitrogens with zero attached hydrogens (tertiary/aromatic N) is 2. The van der Waals surface area contributed by atoms with Crippen LogP contribution in [0.25, 0.3) is 0 Å². The number of guanidine groups is 1. The molecule has 1 aromatic rings. The van der Waals surface area contributed by atoms with E-state index in [1.165, 1.54) is 7.11 Å². The third-order valence-electron chi connectivity index (χ3n) is 4.52. The van der Waals surface area contributed by atoms with E-state index in [0.717, 1.165) is 36.8 Å². The molecule has 1 aliphatic rings. The number of piperidine rings is 1. The van der Waals surface area contributed by atoms with E-state index >= 15 is 0 Å². The normalized spacial score (nSPS) is 15.7. The molecular formula is C20H33IN4O4. The fourth-order valence-corrected chi connectivity index (χ4v) is 2.99. The molecule has 0 saturated carbocycles. The molecular weight excluding hydrogens is 487 g/mol. The van der Waals surface area contributed by atoms with E-state index in [1.807, 2.05) is 38.1 Å². The van der Waals surface area contributed by atoms with E-state index in [0.29, 0.717) is 19.6 Å². The zero-order valence-corrected chi connectivity index (χ0v) is 20.0. The van der Waals surface area contributed by atoms with Crippen molar-refractivity contribution in [3.05, 3.63) is 24.3 Å². The monoisotopic (exact) mass is 520 g/mol. The summed E-state index contributed by atoms with van der Waals surface area (Å²) in [6.07, 6.45) is 1.39. The minimum Gasteiger partial charge on any atom is -0.497 e. The van der Waals surface area contributed by atoms with Crippen LogP contribution < -0.4 is 20.1 Å². The second-order valence-corrected chi connectivity index (χ2v) is 6.70. The molecule has 0 aliphatic carbocycles. The summed E-state index contributed by atoms with van der Waals surface area (Å²) in [5.74, 6) is 2.36. The third kappa shape index (κ3) is 8.55. The average molecular weight is 520 g/mol. The van der Waals surface area contributed by atoms with E-state index in [9.17, 15) is 4.79 Å². The molecule has 29 heavy (non-hydrogen) atoms. The van der Waals surface area contributed by atoms with Gasteiger partial charge in [-0.15, -0.1) is 24.0 Å². The number of ether oxygens (including phenoxy) is 3. The van der Waals surface area contributed by atoms with Crippen LogP contribution in [0.15, 0.2) is 29.3 Å². The van der Waals surface area contributed by atoms with Crippen LogP contribution in [0.2, 0.25) is 0 Å². The van der Waals surface area contributed by atoms with Gasteiger partial charge in [0, 0.05) is 25.7 Å². The van der Waals surface area contributed by atoms with Gasteiger partial charge in [-0.1, -0.05) is 0 Å². The lowest BCUT2D eigenvalue weighted by molar-refractivity contribution is 0.111. The summed E-state index contributed by atoms with van der Waals surface area (Å²) in [7, 11) is 3.06. The summed E-state index contributed by atoms with van der Waals surface area (Å²) in [5.41, 5.74) is 0. The minimum atomic E-state index is -0.261. The van der Waals surface area contributed by atoms with Gasteiger partial charge >= 0.3 is 6.09 Å². The number of nitrogens with one attached hydrogen (secondary N) is 2. The predicted octanol–water partition coefficient (Wildman–Crippen LogP) is 2.87. The van der Waals surface area contributed by atoms with Gasteiger partial charge in [0.15, 0.2) is 5.96 Å². The Balaban J connectivity index is 0.00000420. The fraction of sp³-hybridized carbons (Fsp3) is 0.600.